The molecule has 0 atom stereocenters. The number of hydrogen-bond donors (Lipinski definition) is 0. The first-order chi connectivity index (χ1) is 8.22. The van der Waals surface area contributed by atoms with Crippen LogP contribution in [-0.4, -0.2) is 17.1 Å². The summed E-state index contributed by atoms with van der Waals surface area (Å²) in [7, 11) is 1.54. The monoisotopic (exact) mass is 268 g/mol. The van der Waals surface area contributed by atoms with Crippen LogP contribution < -0.4 is 4.74 Å². The largest absolute Gasteiger partial charge is 0.496 e. The van der Waals surface area contributed by atoms with E-state index in [4.69, 9.17) is 16.3 Å². The number of nitrogens with zero attached hydrogens (tertiary/aromatic N) is 2. The molecular formula is C11H6ClFN2OS. The minimum Gasteiger partial charge on any atom is -0.496 e. The van der Waals surface area contributed by atoms with E-state index >= 15 is 0 Å². The number of methoxy groups -OCH3 is 1. The molecule has 0 N–H and O–H groups in total. The first kappa shape index (κ1) is 10.7. The van der Waals surface area contributed by atoms with Crippen molar-refractivity contribution in [2.45, 2.75) is 0 Å². The van der Waals surface area contributed by atoms with Crippen molar-refractivity contribution < 1.29 is 9.13 Å². The van der Waals surface area contributed by atoms with Crippen LogP contribution in [0.1, 0.15) is 0 Å². The molecule has 86 valence electrons. The van der Waals surface area contributed by atoms with Gasteiger partial charge in [-0.25, -0.2) is 14.4 Å². The Morgan fingerprint density at radius 3 is 2.88 bits per heavy atom. The maximum atomic E-state index is 13.7. The Bertz CT molecular complexity index is 728. The average molecular weight is 269 g/mol. The SMILES string of the molecule is COc1ccc(F)c2sc3c(Cl)ncnc3c12. The summed E-state index contributed by atoms with van der Waals surface area (Å²) >= 11 is 7.20. The van der Waals surface area contributed by atoms with Crippen molar-refractivity contribution in [2.75, 3.05) is 7.11 Å². The highest BCUT2D eigenvalue weighted by Crippen LogP contribution is 2.41. The van der Waals surface area contributed by atoms with Gasteiger partial charge in [0.25, 0.3) is 0 Å². The molecule has 3 rings (SSSR count). The Hall–Kier alpha value is -1.46. The number of fused-ring (bicyclic) bond motifs is 3. The highest BCUT2D eigenvalue weighted by atomic mass is 35.5. The molecule has 0 bridgehead atoms. The number of hydrogen-bond acceptors (Lipinski definition) is 4. The van der Waals surface area contributed by atoms with Gasteiger partial charge in [-0.2, -0.15) is 0 Å². The number of thiophene rings is 1. The molecule has 0 spiro atoms. The van der Waals surface area contributed by atoms with Crippen molar-refractivity contribution in [2.24, 2.45) is 0 Å². The zero-order chi connectivity index (χ0) is 12.0. The van der Waals surface area contributed by atoms with Crippen molar-refractivity contribution in [3.05, 3.63) is 29.4 Å². The summed E-state index contributed by atoms with van der Waals surface area (Å²) < 4.78 is 20.1. The summed E-state index contributed by atoms with van der Waals surface area (Å²) in [5.74, 6) is 0.280. The molecule has 0 amide bonds. The predicted octanol–water partition coefficient (Wildman–Crippen LogP) is 3.65. The highest BCUT2D eigenvalue weighted by Gasteiger charge is 2.16. The van der Waals surface area contributed by atoms with E-state index in [0.29, 0.717) is 31.2 Å². The van der Waals surface area contributed by atoms with Gasteiger partial charge >= 0.3 is 0 Å². The first-order valence-electron chi connectivity index (χ1n) is 4.77. The van der Waals surface area contributed by atoms with Crippen LogP contribution >= 0.6 is 22.9 Å². The zero-order valence-corrected chi connectivity index (χ0v) is 10.3. The van der Waals surface area contributed by atoms with Crippen LogP contribution in [0.2, 0.25) is 5.15 Å². The number of ether oxygens (including phenoxy) is 1. The van der Waals surface area contributed by atoms with E-state index in [0.717, 1.165) is 0 Å². The lowest BCUT2D eigenvalue weighted by atomic mass is 10.2. The first-order valence-corrected chi connectivity index (χ1v) is 5.97. The van der Waals surface area contributed by atoms with E-state index in [1.54, 1.807) is 13.2 Å². The Balaban J connectivity index is 2.60. The second-order valence-corrected chi connectivity index (χ2v) is 4.78. The number of benzene rings is 1. The molecule has 0 fully saturated rings. The van der Waals surface area contributed by atoms with Crippen LogP contribution in [0.4, 0.5) is 4.39 Å². The molecule has 0 aliphatic rings. The van der Waals surface area contributed by atoms with Crippen LogP contribution in [0.15, 0.2) is 18.5 Å². The van der Waals surface area contributed by atoms with Crippen molar-refractivity contribution >= 4 is 43.2 Å². The van der Waals surface area contributed by atoms with Crippen molar-refractivity contribution in [1.82, 2.24) is 9.97 Å². The van der Waals surface area contributed by atoms with Gasteiger partial charge in [0.05, 0.1) is 27.4 Å². The lowest BCUT2D eigenvalue weighted by molar-refractivity contribution is 0.419. The Morgan fingerprint density at radius 1 is 1.29 bits per heavy atom. The van der Waals surface area contributed by atoms with E-state index in [1.807, 2.05) is 0 Å². The van der Waals surface area contributed by atoms with Crippen LogP contribution in [0.3, 0.4) is 0 Å². The minimum absolute atomic E-state index is 0.306. The Kier molecular flexibility index (Phi) is 2.38. The molecule has 3 nitrogen and oxygen atoms in total. The van der Waals surface area contributed by atoms with Gasteiger partial charge in [-0.15, -0.1) is 11.3 Å². The third-order valence-corrected chi connectivity index (χ3v) is 4.09. The molecular weight excluding hydrogens is 263 g/mol. The minimum atomic E-state index is -0.306. The summed E-state index contributed by atoms with van der Waals surface area (Å²) in [6.07, 6.45) is 1.36. The molecule has 0 aliphatic heterocycles. The molecule has 2 aromatic heterocycles. The van der Waals surface area contributed by atoms with Crippen LogP contribution in [-0.2, 0) is 0 Å². The second-order valence-electron chi connectivity index (χ2n) is 3.40. The van der Waals surface area contributed by atoms with Gasteiger partial charge in [-0.3, -0.25) is 0 Å². The van der Waals surface area contributed by atoms with Crippen LogP contribution in [0.5, 0.6) is 5.75 Å². The topological polar surface area (TPSA) is 35.0 Å². The number of aromatic nitrogens is 2. The van der Waals surface area contributed by atoms with Crippen molar-refractivity contribution in [1.29, 1.82) is 0 Å². The lowest BCUT2D eigenvalue weighted by Crippen LogP contribution is -1.86. The molecule has 2 heterocycles. The predicted molar refractivity (Wildman–Crippen MR) is 66.4 cm³/mol. The summed E-state index contributed by atoms with van der Waals surface area (Å²) in [5.41, 5.74) is 0.626. The van der Waals surface area contributed by atoms with E-state index in [9.17, 15) is 4.39 Å². The zero-order valence-electron chi connectivity index (χ0n) is 8.70. The molecule has 17 heavy (non-hydrogen) atoms. The van der Waals surface area contributed by atoms with E-state index in [1.165, 1.54) is 23.7 Å². The van der Waals surface area contributed by atoms with Crippen LogP contribution in [0, 0.1) is 5.82 Å². The standard InChI is InChI=1S/C11H6ClFN2OS/c1-16-6-3-2-5(13)9-7(6)8-10(17-9)11(12)15-4-14-8/h2-4H,1H3. The van der Waals surface area contributed by atoms with Gasteiger partial charge in [0, 0.05) is 0 Å². The third kappa shape index (κ3) is 1.46. The molecule has 0 saturated carbocycles. The molecule has 1 aromatic carbocycles. The molecule has 6 heteroatoms. The van der Waals surface area contributed by atoms with Gasteiger partial charge in [0.2, 0.25) is 0 Å². The van der Waals surface area contributed by atoms with E-state index < -0.39 is 0 Å². The van der Waals surface area contributed by atoms with Gasteiger partial charge in [0.15, 0.2) is 0 Å². The van der Waals surface area contributed by atoms with Crippen molar-refractivity contribution in [3.63, 3.8) is 0 Å². The fraction of sp³-hybridized carbons (Fsp3) is 0.0909. The Morgan fingerprint density at radius 2 is 2.12 bits per heavy atom. The Labute approximate surface area is 105 Å². The highest BCUT2D eigenvalue weighted by molar-refractivity contribution is 7.26. The fourth-order valence-corrected chi connectivity index (χ4v) is 3.06. The number of rotatable bonds is 1. The molecule has 0 radical (unpaired) electrons. The fourth-order valence-electron chi connectivity index (χ4n) is 1.76. The summed E-state index contributed by atoms with van der Waals surface area (Å²) in [6.45, 7) is 0. The van der Waals surface area contributed by atoms with Gasteiger partial charge in [-0.1, -0.05) is 11.6 Å². The average Bonchev–Trinajstić information content (AvgIpc) is 2.72. The van der Waals surface area contributed by atoms with E-state index in [2.05, 4.69) is 9.97 Å². The third-order valence-electron chi connectivity index (χ3n) is 2.49. The summed E-state index contributed by atoms with van der Waals surface area (Å²) in [4.78, 5) is 8.04. The number of halogens is 2. The summed E-state index contributed by atoms with van der Waals surface area (Å²) in [6, 6.07) is 2.96. The molecule has 3 aromatic rings. The maximum absolute atomic E-state index is 13.7. The van der Waals surface area contributed by atoms with Crippen LogP contribution in [0.25, 0.3) is 20.3 Å². The quantitative estimate of drug-likeness (QED) is 0.632. The molecule has 0 aliphatic carbocycles. The second kappa shape index (κ2) is 3.78. The lowest BCUT2D eigenvalue weighted by Gasteiger charge is -2.01. The maximum Gasteiger partial charge on any atom is 0.150 e. The van der Waals surface area contributed by atoms with Gasteiger partial charge < -0.3 is 4.74 Å². The van der Waals surface area contributed by atoms with Gasteiger partial charge in [-0.05, 0) is 12.1 Å². The van der Waals surface area contributed by atoms with Gasteiger partial charge in [0.1, 0.15) is 23.0 Å². The summed E-state index contributed by atoms with van der Waals surface area (Å²) in [5, 5.41) is 0.981. The normalized spacial score (nSPS) is 11.2. The molecule has 0 unspecified atom stereocenters. The van der Waals surface area contributed by atoms with Crippen molar-refractivity contribution in [3.8, 4) is 5.75 Å². The smallest absolute Gasteiger partial charge is 0.150 e. The molecule has 0 saturated heterocycles. The van der Waals surface area contributed by atoms with E-state index in [-0.39, 0.29) is 5.82 Å².